The molecule has 0 unspecified atom stereocenters. The van der Waals surface area contributed by atoms with E-state index in [-0.39, 0.29) is 18.3 Å². The van der Waals surface area contributed by atoms with Gasteiger partial charge in [0.25, 0.3) is 5.91 Å². The molecule has 0 spiro atoms. The molecule has 0 fully saturated rings. The summed E-state index contributed by atoms with van der Waals surface area (Å²) in [6, 6.07) is 17.7. The summed E-state index contributed by atoms with van der Waals surface area (Å²) < 4.78 is 38.9. The van der Waals surface area contributed by atoms with E-state index >= 15 is 0 Å². The van der Waals surface area contributed by atoms with Crippen LogP contribution < -0.4 is 9.62 Å². The number of hydrogen-bond donors (Lipinski definition) is 1. The Balaban J connectivity index is 1.80. The second-order valence-electron chi connectivity index (χ2n) is 7.22. The molecule has 0 saturated heterocycles. The van der Waals surface area contributed by atoms with Gasteiger partial charge in [-0.05, 0) is 67.4 Å². The van der Waals surface area contributed by atoms with Crippen molar-refractivity contribution in [2.24, 2.45) is 0 Å². The van der Waals surface area contributed by atoms with Gasteiger partial charge in [-0.15, -0.1) is 0 Å². The Morgan fingerprint density at radius 3 is 2.17 bits per heavy atom. The summed E-state index contributed by atoms with van der Waals surface area (Å²) in [6.45, 7) is 3.97. The molecular weight excluding hydrogens is 403 g/mol. The zero-order valence-electron chi connectivity index (χ0n) is 17.0. The molecule has 30 heavy (non-hydrogen) atoms. The lowest BCUT2D eigenvalue weighted by Gasteiger charge is -2.22. The third kappa shape index (κ3) is 5.24. The molecule has 156 valence electrons. The normalized spacial score (nSPS) is 11.2. The molecule has 0 saturated carbocycles. The summed E-state index contributed by atoms with van der Waals surface area (Å²) in [5.74, 6) is -0.665. The first kappa shape index (κ1) is 21.5. The first-order chi connectivity index (χ1) is 14.1. The monoisotopic (exact) mass is 426 g/mol. The highest BCUT2D eigenvalue weighted by Crippen LogP contribution is 2.23. The molecule has 0 heterocycles. The average Bonchev–Trinajstić information content (AvgIpc) is 2.69. The number of halogens is 1. The fraction of sp³-hybridized carbons (Fsp3) is 0.174. The molecule has 1 N–H and O–H groups in total. The number of amides is 1. The molecule has 0 aliphatic heterocycles. The summed E-state index contributed by atoms with van der Waals surface area (Å²) in [6.07, 6.45) is 1.11. The van der Waals surface area contributed by atoms with E-state index in [1.54, 1.807) is 36.4 Å². The zero-order chi connectivity index (χ0) is 21.9. The van der Waals surface area contributed by atoms with E-state index in [0.29, 0.717) is 16.8 Å². The number of nitrogens with one attached hydrogen (secondary N) is 1. The number of carbonyl (C=O) groups is 1. The number of benzene rings is 3. The molecule has 1 amide bonds. The lowest BCUT2D eigenvalue weighted by atomic mass is 10.1. The fourth-order valence-corrected chi connectivity index (χ4v) is 3.97. The van der Waals surface area contributed by atoms with Crippen LogP contribution >= 0.6 is 0 Å². The number of sulfonamides is 1. The van der Waals surface area contributed by atoms with Crippen molar-refractivity contribution >= 4 is 27.3 Å². The summed E-state index contributed by atoms with van der Waals surface area (Å²) in [5.41, 5.74) is 4.28. The fourth-order valence-electron chi connectivity index (χ4n) is 3.08. The van der Waals surface area contributed by atoms with Gasteiger partial charge in [-0.1, -0.05) is 29.8 Å². The van der Waals surface area contributed by atoms with Crippen molar-refractivity contribution in [1.82, 2.24) is 0 Å². The van der Waals surface area contributed by atoms with E-state index in [2.05, 4.69) is 5.32 Å². The highest BCUT2D eigenvalue weighted by Gasteiger charge is 2.18. The van der Waals surface area contributed by atoms with Gasteiger partial charge in [-0.3, -0.25) is 9.10 Å². The van der Waals surface area contributed by atoms with Gasteiger partial charge in [-0.25, -0.2) is 12.8 Å². The molecule has 3 rings (SSSR count). The van der Waals surface area contributed by atoms with Gasteiger partial charge in [0.05, 0.1) is 18.5 Å². The van der Waals surface area contributed by atoms with Crippen molar-refractivity contribution in [3.05, 3.63) is 94.8 Å². The lowest BCUT2D eigenvalue weighted by molar-refractivity contribution is 0.102. The minimum absolute atomic E-state index is 0.0627. The van der Waals surface area contributed by atoms with Crippen molar-refractivity contribution in [2.75, 3.05) is 15.9 Å². The molecule has 0 atom stereocenters. The van der Waals surface area contributed by atoms with Crippen LogP contribution in [0.3, 0.4) is 0 Å². The Morgan fingerprint density at radius 1 is 0.967 bits per heavy atom. The molecule has 0 bridgehead atoms. The van der Waals surface area contributed by atoms with Gasteiger partial charge in [0.2, 0.25) is 10.0 Å². The third-order valence-corrected chi connectivity index (χ3v) is 5.83. The molecule has 0 radical (unpaired) electrons. The van der Waals surface area contributed by atoms with E-state index < -0.39 is 10.0 Å². The summed E-state index contributed by atoms with van der Waals surface area (Å²) >= 11 is 0. The standard InChI is InChI=1S/C23H23FN2O3S/c1-16-4-13-22(17(2)14-16)25-23(27)19-7-11-21(12-8-19)26(30(3,28)29)15-18-5-9-20(24)10-6-18/h4-14H,15H2,1-3H3,(H,25,27). The molecule has 7 heteroatoms. The minimum Gasteiger partial charge on any atom is -0.322 e. The molecule has 5 nitrogen and oxygen atoms in total. The van der Waals surface area contributed by atoms with Crippen LogP contribution in [0.2, 0.25) is 0 Å². The highest BCUT2D eigenvalue weighted by atomic mass is 32.2. The van der Waals surface area contributed by atoms with Crippen LogP contribution in [0.15, 0.2) is 66.7 Å². The minimum atomic E-state index is -3.58. The van der Waals surface area contributed by atoms with Crippen LogP contribution in [-0.2, 0) is 16.6 Å². The van der Waals surface area contributed by atoms with Gasteiger partial charge in [0, 0.05) is 11.3 Å². The van der Waals surface area contributed by atoms with Gasteiger partial charge in [-0.2, -0.15) is 0 Å². The Hall–Kier alpha value is -3.19. The number of carbonyl (C=O) groups excluding carboxylic acids is 1. The predicted molar refractivity (Wildman–Crippen MR) is 118 cm³/mol. The molecule has 3 aromatic carbocycles. The first-order valence-electron chi connectivity index (χ1n) is 9.34. The van der Waals surface area contributed by atoms with Crippen molar-refractivity contribution in [3.8, 4) is 0 Å². The number of hydrogen-bond acceptors (Lipinski definition) is 3. The topological polar surface area (TPSA) is 66.5 Å². The maximum absolute atomic E-state index is 13.1. The molecule has 0 aliphatic carbocycles. The van der Waals surface area contributed by atoms with Crippen LogP contribution in [0.25, 0.3) is 0 Å². The molecule has 0 aliphatic rings. The van der Waals surface area contributed by atoms with E-state index in [1.807, 2.05) is 32.0 Å². The first-order valence-corrected chi connectivity index (χ1v) is 11.2. The van der Waals surface area contributed by atoms with Crippen molar-refractivity contribution in [2.45, 2.75) is 20.4 Å². The summed E-state index contributed by atoms with van der Waals surface area (Å²) in [4.78, 5) is 12.6. The maximum Gasteiger partial charge on any atom is 0.255 e. The Kier molecular flexibility index (Phi) is 6.22. The lowest BCUT2D eigenvalue weighted by Crippen LogP contribution is -2.29. The highest BCUT2D eigenvalue weighted by molar-refractivity contribution is 7.92. The second kappa shape index (κ2) is 8.67. The van der Waals surface area contributed by atoms with E-state index in [9.17, 15) is 17.6 Å². The Bertz CT molecular complexity index is 1160. The van der Waals surface area contributed by atoms with Crippen LogP contribution in [0.1, 0.15) is 27.0 Å². The number of rotatable bonds is 6. The van der Waals surface area contributed by atoms with Gasteiger partial charge >= 0.3 is 0 Å². The zero-order valence-corrected chi connectivity index (χ0v) is 17.8. The SMILES string of the molecule is Cc1ccc(NC(=O)c2ccc(N(Cc3ccc(F)cc3)S(C)(=O)=O)cc2)c(C)c1. The average molecular weight is 427 g/mol. The third-order valence-electron chi connectivity index (χ3n) is 4.69. The number of nitrogens with zero attached hydrogens (tertiary/aromatic N) is 1. The summed E-state index contributed by atoms with van der Waals surface area (Å²) in [5, 5.41) is 2.87. The largest absolute Gasteiger partial charge is 0.322 e. The number of aryl methyl sites for hydroxylation is 2. The van der Waals surface area contributed by atoms with Crippen molar-refractivity contribution in [1.29, 1.82) is 0 Å². The second-order valence-corrected chi connectivity index (χ2v) is 9.12. The van der Waals surface area contributed by atoms with Crippen molar-refractivity contribution < 1.29 is 17.6 Å². The van der Waals surface area contributed by atoms with Crippen LogP contribution in [-0.4, -0.2) is 20.6 Å². The van der Waals surface area contributed by atoms with Gasteiger partial charge in [0.1, 0.15) is 5.82 Å². The van der Waals surface area contributed by atoms with E-state index in [0.717, 1.165) is 23.1 Å². The Morgan fingerprint density at radius 2 is 1.60 bits per heavy atom. The van der Waals surface area contributed by atoms with Crippen LogP contribution in [0.4, 0.5) is 15.8 Å². The van der Waals surface area contributed by atoms with Gasteiger partial charge < -0.3 is 5.32 Å². The quantitative estimate of drug-likeness (QED) is 0.623. The maximum atomic E-state index is 13.1. The molecule has 0 aromatic heterocycles. The van der Waals surface area contributed by atoms with E-state index in [1.165, 1.54) is 16.4 Å². The van der Waals surface area contributed by atoms with Crippen LogP contribution in [0, 0.1) is 19.7 Å². The summed E-state index contributed by atoms with van der Waals surface area (Å²) in [7, 11) is -3.58. The molecular formula is C23H23FN2O3S. The number of anilines is 2. The van der Waals surface area contributed by atoms with Crippen molar-refractivity contribution in [3.63, 3.8) is 0 Å². The van der Waals surface area contributed by atoms with E-state index in [4.69, 9.17) is 0 Å². The predicted octanol–water partition coefficient (Wildman–Crippen LogP) is 4.66. The van der Waals surface area contributed by atoms with Gasteiger partial charge in [0.15, 0.2) is 0 Å². The van der Waals surface area contributed by atoms with Crippen LogP contribution in [0.5, 0.6) is 0 Å². The smallest absolute Gasteiger partial charge is 0.255 e. The Labute approximate surface area is 176 Å². The molecule has 3 aromatic rings.